The Morgan fingerprint density at radius 1 is 0.586 bits per heavy atom. The molecule has 0 saturated carbocycles. The van der Waals surface area contributed by atoms with E-state index in [1.807, 2.05) is 0 Å². The highest BCUT2D eigenvalue weighted by Crippen LogP contribution is 2.18. The largest absolute Gasteiger partial charge is 0.291 e. The van der Waals surface area contributed by atoms with Gasteiger partial charge >= 0.3 is 0 Å². The van der Waals surface area contributed by atoms with E-state index in [0.717, 1.165) is 18.8 Å². The second-order valence-corrected chi connectivity index (χ2v) is 9.57. The van der Waals surface area contributed by atoms with Crippen molar-refractivity contribution in [1.29, 1.82) is 0 Å². The standard InChI is InChI=1S/C28H53O/c1-4-5-6-7-8-9-10-11-12-13-14-15-18-21-24-28(26-29)25-22-19-16-17-20-23-27(2)3/h11-12,27-28H,4-10,13-25H2,1-3H3/b12-11-. The maximum absolute atomic E-state index is 11.2. The zero-order chi connectivity index (χ0) is 21.4. The summed E-state index contributed by atoms with van der Waals surface area (Å²) in [5.41, 5.74) is 0. The van der Waals surface area contributed by atoms with Gasteiger partial charge in [0.1, 0.15) is 0 Å². The van der Waals surface area contributed by atoms with E-state index < -0.39 is 0 Å². The maximum atomic E-state index is 11.2. The summed E-state index contributed by atoms with van der Waals surface area (Å²) in [6.07, 6.45) is 33.1. The number of allylic oxidation sites excluding steroid dienone is 2. The Labute approximate surface area is 184 Å². The van der Waals surface area contributed by atoms with Gasteiger partial charge in [0.15, 0.2) is 0 Å². The molecule has 0 aromatic rings. The van der Waals surface area contributed by atoms with Gasteiger partial charge in [0.2, 0.25) is 6.29 Å². The zero-order valence-electron chi connectivity index (χ0n) is 20.4. The third-order valence-corrected chi connectivity index (χ3v) is 6.07. The highest BCUT2D eigenvalue weighted by atomic mass is 16.1. The first-order valence-electron chi connectivity index (χ1n) is 13.2. The minimum atomic E-state index is 0.197. The van der Waals surface area contributed by atoms with E-state index >= 15 is 0 Å². The molecule has 0 aliphatic rings. The first kappa shape index (κ1) is 28.4. The molecule has 171 valence electrons. The fourth-order valence-corrected chi connectivity index (χ4v) is 4.02. The summed E-state index contributed by atoms with van der Waals surface area (Å²) >= 11 is 0. The Morgan fingerprint density at radius 2 is 1.00 bits per heavy atom. The molecular formula is C28H53O. The van der Waals surface area contributed by atoms with Crippen LogP contribution in [0.25, 0.3) is 0 Å². The van der Waals surface area contributed by atoms with Crippen LogP contribution < -0.4 is 0 Å². The lowest BCUT2D eigenvalue weighted by Crippen LogP contribution is -2.02. The van der Waals surface area contributed by atoms with Gasteiger partial charge in [0.05, 0.1) is 0 Å². The molecular weight excluding hydrogens is 352 g/mol. The zero-order valence-corrected chi connectivity index (χ0v) is 20.4. The molecule has 0 bridgehead atoms. The molecule has 1 heteroatoms. The molecule has 0 spiro atoms. The Bertz CT molecular complexity index is 344. The summed E-state index contributed by atoms with van der Waals surface area (Å²) in [6.45, 7) is 6.89. The minimum absolute atomic E-state index is 0.197. The van der Waals surface area contributed by atoms with Crippen LogP contribution in [0.5, 0.6) is 0 Å². The molecule has 1 radical (unpaired) electrons. The third kappa shape index (κ3) is 23.6. The van der Waals surface area contributed by atoms with E-state index in [0.29, 0.717) is 0 Å². The van der Waals surface area contributed by atoms with Crippen molar-refractivity contribution in [2.45, 2.75) is 149 Å². The average molecular weight is 406 g/mol. The van der Waals surface area contributed by atoms with Gasteiger partial charge in [-0.15, -0.1) is 0 Å². The lowest BCUT2D eigenvalue weighted by molar-refractivity contribution is 0.448. The smallest absolute Gasteiger partial charge is 0.201 e. The third-order valence-electron chi connectivity index (χ3n) is 6.07. The van der Waals surface area contributed by atoms with Gasteiger partial charge in [-0.25, -0.2) is 0 Å². The fourth-order valence-electron chi connectivity index (χ4n) is 4.02. The van der Waals surface area contributed by atoms with Crippen LogP contribution in [0, 0.1) is 11.8 Å². The van der Waals surface area contributed by atoms with Crippen molar-refractivity contribution in [3.05, 3.63) is 12.2 Å². The normalized spacial score (nSPS) is 12.8. The van der Waals surface area contributed by atoms with Gasteiger partial charge in [-0.3, -0.25) is 4.79 Å². The molecule has 0 aromatic heterocycles. The summed E-state index contributed by atoms with van der Waals surface area (Å²) in [5.74, 6) is 1.04. The van der Waals surface area contributed by atoms with Crippen molar-refractivity contribution >= 4 is 6.29 Å². The van der Waals surface area contributed by atoms with Crippen molar-refractivity contribution in [3.8, 4) is 0 Å². The van der Waals surface area contributed by atoms with Crippen LogP contribution in [0.15, 0.2) is 12.2 Å². The van der Waals surface area contributed by atoms with Gasteiger partial charge in [0, 0.05) is 5.92 Å². The second kappa shape index (κ2) is 23.7. The number of unbranched alkanes of at least 4 members (excludes halogenated alkanes) is 14. The predicted octanol–water partition coefficient (Wildman–Crippen LogP) is 9.75. The highest BCUT2D eigenvalue weighted by Gasteiger charge is 2.07. The van der Waals surface area contributed by atoms with E-state index in [9.17, 15) is 4.79 Å². The van der Waals surface area contributed by atoms with Crippen LogP contribution in [0.4, 0.5) is 0 Å². The topological polar surface area (TPSA) is 17.1 Å². The molecule has 0 aliphatic carbocycles. The molecule has 1 nitrogen and oxygen atoms in total. The van der Waals surface area contributed by atoms with E-state index in [-0.39, 0.29) is 5.92 Å². The Balaban J connectivity index is 3.36. The summed E-state index contributed by atoms with van der Waals surface area (Å²) < 4.78 is 0. The summed E-state index contributed by atoms with van der Waals surface area (Å²) in [5, 5.41) is 0. The van der Waals surface area contributed by atoms with Gasteiger partial charge in [0.25, 0.3) is 0 Å². The van der Waals surface area contributed by atoms with Crippen LogP contribution in [-0.2, 0) is 4.79 Å². The van der Waals surface area contributed by atoms with Crippen molar-refractivity contribution in [3.63, 3.8) is 0 Å². The lowest BCUT2D eigenvalue weighted by atomic mass is 9.95. The summed E-state index contributed by atoms with van der Waals surface area (Å²) in [7, 11) is 0. The van der Waals surface area contributed by atoms with Crippen LogP contribution in [-0.4, -0.2) is 6.29 Å². The maximum Gasteiger partial charge on any atom is 0.201 e. The van der Waals surface area contributed by atoms with Crippen molar-refractivity contribution in [2.24, 2.45) is 11.8 Å². The van der Waals surface area contributed by atoms with E-state index in [4.69, 9.17) is 0 Å². The molecule has 0 amide bonds. The first-order chi connectivity index (χ1) is 14.2. The number of hydrogen-bond acceptors (Lipinski definition) is 1. The van der Waals surface area contributed by atoms with Crippen molar-refractivity contribution in [1.82, 2.24) is 0 Å². The van der Waals surface area contributed by atoms with Gasteiger partial charge in [-0.05, 0) is 44.4 Å². The minimum Gasteiger partial charge on any atom is -0.291 e. The fraction of sp³-hybridized carbons (Fsp3) is 0.893. The van der Waals surface area contributed by atoms with Gasteiger partial charge in [-0.1, -0.05) is 123 Å². The SMILES string of the molecule is CCCCCCCC/C=C\CCCCCCC([C]=O)CCCCCCCC(C)C. The molecule has 0 rings (SSSR count). The number of carbonyl (C=O) groups excluding carboxylic acids is 1. The second-order valence-electron chi connectivity index (χ2n) is 9.57. The molecule has 0 saturated heterocycles. The number of rotatable bonds is 23. The van der Waals surface area contributed by atoms with Gasteiger partial charge < -0.3 is 0 Å². The summed E-state index contributed by atoms with van der Waals surface area (Å²) in [6, 6.07) is 0. The first-order valence-corrected chi connectivity index (χ1v) is 13.2. The monoisotopic (exact) mass is 405 g/mol. The molecule has 0 heterocycles. The Hall–Kier alpha value is -0.590. The molecule has 0 aliphatic heterocycles. The Kier molecular flexibility index (Phi) is 23.2. The van der Waals surface area contributed by atoms with E-state index in [2.05, 4.69) is 39.2 Å². The van der Waals surface area contributed by atoms with Gasteiger partial charge in [-0.2, -0.15) is 0 Å². The molecule has 1 unspecified atom stereocenters. The van der Waals surface area contributed by atoms with Crippen LogP contribution >= 0.6 is 0 Å². The molecule has 0 N–H and O–H groups in total. The van der Waals surface area contributed by atoms with Crippen molar-refractivity contribution < 1.29 is 4.79 Å². The quantitative estimate of drug-likeness (QED) is 0.122. The van der Waals surface area contributed by atoms with Crippen LogP contribution in [0.2, 0.25) is 0 Å². The average Bonchev–Trinajstić information content (AvgIpc) is 2.71. The van der Waals surface area contributed by atoms with Crippen LogP contribution in [0.1, 0.15) is 149 Å². The lowest BCUT2D eigenvalue weighted by Gasteiger charge is -2.09. The molecule has 0 fully saturated rings. The van der Waals surface area contributed by atoms with Crippen molar-refractivity contribution in [2.75, 3.05) is 0 Å². The molecule has 1 atom stereocenters. The predicted molar refractivity (Wildman–Crippen MR) is 131 cm³/mol. The van der Waals surface area contributed by atoms with Crippen LogP contribution in [0.3, 0.4) is 0 Å². The number of hydrogen-bond donors (Lipinski definition) is 0. The highest BCUT2D eigenvalue weighted by molar-refractivity contribution is 5.54. The van der Waals surface area contributed by atoms with E-state index in [1.54, 1.807) is 0 Å². The molecule has 29 heavy (non-hydrogen) atoms. The van der Waals surface area contributed by atoms with E-state index in [1.165, 1.54) is 116 Å². The Morgan fingerprint density at radius 3 is 1.45 bits per heavy atom. The summed E-state index contributed by atoms with van der Waals surface area (Å²) in [4.78, 5) is 11.2. The molecule has 0 aromatic carbocycles.